The molecule has 5 nitrogen and oxygen atoms in total. The highest BCUT2D eigenvalue weighted by Gasteiger charge is 2.22. The average molecular weight is 302 g/mol. The zero-order valence-corrected chi connectivity index (χ0v) is 12.7. The van der Waals surface area contributed by atoms with E-state index in [-0.39, 0.29) is 18.3 Å². The Hall–Kier alpha value is -2.37. The van der Waals surface area contributed by atoms with Crippen molar-refractivity contribution < 1.29 is 9.18 Å². The van der Waals surface area contributed by atoms with E-state index in [9.17, 15) is 9.18 Å². The van der Waals surface area contributed by atoms with E-state index in [1.165, 1.54) is 6.07 Å². The second-order valence-electron chi connectivity index (χ2n) is 5.62. The minimum atomic E-state index is -0.191. The fourth-order valence-corrected chi connectivity index (χ4v) is 2.91. The standard InChI is InChI=1S/C16H19FN4O/c1-10-16(11(2)20-19-10)18-15(22)9-21-8-4-5-12-13(17)6-3-7-14(12)21/h3,6-7H,4-5,8-9H2,1-2H3,(H,18,22)(H,19,20). The smallest absolute Gasteiger partial charge is 0.243 e. The van der Waals surface area contributed by atoms with Crippen LogP contribution in [-0.4, -0.2) is 29.2 Å². The number of H-pyrrole nitrogens is 1. The maximum absolute atomic E-state index is 13.9. The van der Waals surface area contributed by atoms with E-state index in [0.717, 1.165) is 42.1 Å². The summed E-state index contributed by atoms with van der Waals surface area (Å²) in [6.45, 7) is 4.67. The molecule has 1 aromatic carbocycles. The van der Waals surface area contributed by atoms with Crippen LogP contribution in [0.25, 0.3) is 0 Å². The van der Waals surface area contributed by atoms with Gasteiger partial charge in [-0.05, 0) is 38.8 Å². The Morgan fingerprint density at radius 3 is 3.00 bits per heavy atom. The van der Waals surface area contributed by atoms with Crippen molar-refractivity contribution in [3.8, 4) is 0 Å². The molecule has 1 aliphatic heterocycles. The molecule has 0 spiro atoms. The van der Waals surface area contributed by atoms with Crippen molar-refractivity contribution in [3.05, 3.63) is 41.0 Å². The molecule has 22 heavy (non-hydrogen) atoms. The Morgan fingerprint density at radius 2 is 2.27 bits per heavy atom. The van der Waals surface area contributed by atoms with Crippen molar-refractivity contribution in [2.75, 3.05) is 23.3 Å². The van der Waals surface area contributed by atoms with Gasteiger partial charge >= 0.3 is 0 Å². The molecule has 0 saturated heterocycles. The molecule has 0 atom stereocenters. The predicted molar refractivity (Wildman–Crippen MR) is 83.6 cm³/mol. The molecule has 0 saturated carbocycles. The van der Waals surface area contributed by atoms with Gasteiger partial charge in [-0.2, -0.15) is 5.10 Å². The van der Waals surface area contributed by atoms with Crippen LogP contribution in [-0.2, 0) is 11.2 Å². The third-order valence-electron chi connectivity index (χ3n) is 4.02. The quantitative estimate of drug-likeness (QED) is 0.916. The summed E-state index contributed by atoms with van der Waals surface area (Å²) in [6.07, 6.45) is 1.57. The van der Waals surface area contributed by atoms with E-state index in [4.69, 9.17) is 0 Å². The number of anilines is 2. The van der Waals surface area contributed by atoms with Gasteiger partial charge in [0.25, 0.3) is 0 Å². The van der Waals surface area contributed by atoms with Crippen LogP contribution in [0, 0.1) is 19.7 Å². The van der Waals surface area contributed by atoms with Gasteiger partial charge in [-0.25, -0.2) is 4.39 Å². The van der Waals surface area contributed by atoms with Gasteiger partial charge in [-0.1, -0.05) is 6.07 Å². The molecule has 2 aromatic rings. The summed E-state index contributed by atoms with van der Waals surface area (Å²) in [5.74, 6) is -0.311. The average Bonchev–Trinajstić information content (AvgIpc) is 2.80. The van der Waals surface area contributed by atoms with Gasteiger partial charge in [-0.15, -0.1) is 0 Å². The van der Waals surface area contributed by atoms with Crippen LogP contribution in [0.5, 0.6) is 0 Å². The highest BCUT2D eigenvalue weighted by molar-refractivity contribution is 5.95. The lowest BCUT2D eigenvalue weighted by Gasteiger charge is -2.30. The van der Waals surface area contributed by atoms with Crippen molar-refractivity contribution in [1.29, 1.82) is 0 Å². The number of aromatic amines is 1. The molecule has 0 fully saturated rings. The van der Waals surface area contributed by atoms with Crippen molar-refractivity contribution in [2.24, 2.45) is 0 Å². The fraction of sp³-hybridized carbons (Fsp3) is 0.375. The third-order valence-corrected chi connectivity index (χ3v) is 4.02. The van der Waals surface area contributed by atoms with Crippen LogP contribution in [0.3, 0.4) is 0 Å². The van der Waals surface area contributed by atoms with E-state index in [1.807, 2.05) is 24.8 Å². The van der Waals surface area contributed by atoms with E-state index in [2.05, 4.69) is 15.5 Å². The van der Waals surface area contributed by atoms with Crippen LogP contribution in [0.2, 0.25) is 0 Å². The molecule has 3 rings (SSSR count). The molecular formula is C16H19FN4O. The van der Waals surface area contributed by atoms with E-state index < -0.39 is 0 Å². The molecule has 0 unspecified atom stereocenters. The molecule has 0 radical (unpaired) electrons. The number of rotatable bonds is 3. The van der Waals surface area contributed by atoms with Crippen LogP contribution in [0.4, 0.5) is 15.8 Å². The molecule has 1 amide bonds. The minimum absolute atomic E-state index is 0.121. The highest BCUT2D eigenvalue weighted by atomic mass is 19.1. The molecule has 1 aromatic heterocycles. The molecule has 0 bridgehead atoms. The van der Waals surface area contributed by atoms with Crippen LogP contribution in [0.1, 0.15) is 23.4 Å². The fourth-order valence-electron chi connectivity index (χ4n) is 2.91. The van der Waals surface area contributed by atoms with Gasteiger partial charge in [0, 0.05) is 17.8 Å². The number of nitrogens with zero attached hydrogens (tertiary/aromatic N) is 2. The van der Waals surface area contributed by atoms with Crippen LogP contribution < -0.4 is 10.2 Å². The number of benzene rings is 1. The third kappa shape index (κ3) is 2.68. The van der Waals surface area contributed by atoms with Crippen molar-refractivity contribution in [2.45, 2.75) is 26.7 Å². The Bertz CT molecular complexity index is 691. The Morgan fingerprint density at radius 1 is 1.45 bits per heavy atom. The largest absolute Gasteiger partial charge is 0.362 e. The maximum Gasteiger partial charge on any atom is 0.243 e. The number of nitrogens with one attached hydrogen (secondary N) is 2. The number of hydrogen-bond acceptors (Lipinski definition) is 3. The van der Waals surface area contributed by atoms with E-state index in [0.29, 0.717) is 5.56 Å². The van der Waals surface area contributed by atoms with Gasteiger partial charge < -0.3 is 10.2 Å². The number of amides is 1. The molecule has 2 N–H and O–H groups in total. The normalized spacial score (nSPS) is 13.9. The molecule has 116 valence electrons. The number of fused-ring (bicyclic) bond motifs is 1. The Balaban J connectivity index is 1.75. The lowest BCUT2D eigenvalue weighted by molar-refractivity contribution is -0.115. The SMILES string of the molecule is Cc1n[nH]c(C)c1NC(=O)CN1CCCc2c(F)cccc21. The number of carbonyl (C=O) groups is 1. The zero-order chi connectivity index (χ0) is 15.7. The van der Waals surface area contributed by atoms with Gasteiger partial charge in [0.2, 0.25) is 5.91 Å². The van der Waals surface area contributed by atoms with Gasteiger partial charge in [0.15, 0.2) is 0 Å². The summed E-state index contributed by atoms with van der Waals surface area (Å²) in [5, 5.41) is 9.78. The summed E-state index contributed by atoms with van der Waals surface area (Å²) in [4.78, 5) is 14.2. The summed E-state index contributed by atoms with van der Waals surface area (Å²) in [6, 6.07) is 5.04. The highest BCUT2D eigenvalue weighted by Crippen LogP contribution is 2.29. The summed E-state index contributed by atoms with van der Waals surface area (Å²) >= 11 is 0. The molecule has 0 aliphatic carbocycles. The topological polar surface area (TPSA) is 61.0 Å². The predicted octanol–water partition coefficient (Wildman–Crippen LogP) is 2.56. The Kier molecular flexibility index (Phi) is 3.83. The Labute approximate surface area is 128 Å². The van der Waals surface area contributed by atoms with Gasteiger partial charge in [0.05, 0.1) is 23.6 Å². The first-order valence-electron chi connectivity index (χ1n) is 7.40. The van der Waals surface area contributed by atoms with E-state index in [1.54, 1.807) is 6.07 Å². The van der Waals surface area contributed by atoms with Gasteiger partial charge in [0.1, 0.15) is 5.82 Å². The minimum Gasteiger partial charge on any atom is -0.362 e. The van der Waals surface area contributed by atoms with Crippen molar-refractivity contribution >= 4 is 17.3 Å². The lowest BCUT2D eigenvalue weighted by atomic mass is 10.0. The van der Waals surface area contributed by atoms with Crippen molar-refractivity contribution in [1.82, 2.24) is 10.2 Å². The number of halogens is 1. The molecule has 2 heterocycles. The summed E-state index contributed by atoms with van der Waals surface area (Å²) in [7, 11) is 0. The lowest BCUT2D eigenvalue weighted by Crippen LogP contribution is -2.37. The second kappa shape index (κ2) is 5.79. The summed E-state index contributed by atoms with van der Waals surface area (Å²) < 4.78 is 13.9. The van der Waals surface area contributed by atoms with E-state index >= 15 is 0 Å². The molecule has 1 aliphatic rings. The van der Waals surface area contributed by atoms with Crippen LogP contribution in [0.15, 0.2) is 18.2 Å². The van der Waals surface area contributed by atoms with Gasteiger partial charge in [-0.3, -0.25) is 9.89 Å². The molecular weight excluding hydrogens is 283 g/mol. The van der Waals surface area contributed by atoms with Crippen LogP contribution >= 0.6 is 0 Å². The number of hydrogen-bond donors (Lipinski definition) is 2. The first-order chi connectivity index (χ1) is 10.6. The monoisotopic (exact) mass is 302 g/mol. The number of aromatic nitrogens is 2. The molecule has 6 heteroatoms. The first-order valence-corrected chi connectivity index (χ1v) is 7.40. The number of aryl methyl sites for hydroxylation is 2. The van der Waals surface area contributed by atoms with Crippen molar-refractivity contribution in [3.63, 3.8) is 0 Å². The second-order valence-corrected chi connectivity index (χ2v) is 5.62. The first kappa shape index (κ1) is 14.6. The zero-order valence-electron chi connectivity index (χ0n) is 12.7. The maximum atomic E-state index is 13.9. The summed E-state index contributed by atoms with van der Waals surface area (Å²) in [5.41, 5.74) is 3.84. The number of carbonyl (C=O) groups excluding carboxylic acids is 1.